The first kappa shape index (κ1) is 22.2. The fourth-order valence-corrected chi connectivity index (χ4v) is 6.37. The first-order valence-corrected chi connectivity index (χ1v) is 12.5. The highest BCUT2D eigenvalue weighted by molar-refractivity contribution is 7.86. The minimum absolute atomic E-state index is 0.0120. The minimum atomic E-state index is -3.46. The van der Waals surface area contributed by atoms with Gasteiger partial charge in [-0.05, 0) is 23.4 Å². The highest BCUT2D eigenvalue weighted by Gasteiger charge is 2.32. The smallest absolute Gasteiger partial charge is 0.282 e. The fraction of sp³-hybridized carbons (Fsp3) is 0.684. The van der Waals surface area contributed by atoms with Gasteiger partial charge in [-0.25, -0.2) is 0 Å². The zero-order chi connectivity index (χ0) is 21.0. The molecule has 0 saturated carbocycles. The number of fused-ring (bicyclic) bond motifs is 1. The quantitative estimate of drug-likeness (QED) is 0.634. The van der Waals surface area contributed by atoms with Gasteiger partial charge in [0.15, 0.2) is 0 Å². The molecule has 0 aliphatic carbocycles. The number of nitrogens with zero attached hydrogens (tertiary/aromatic N) is 4. The molecule has 1 saturated heterocycles. The van der Waals surface area contributed by atoms with Crippen LogP contribution in [-0.4, -0.2) is 84.5 Å². The Labute approximate surface area is 177 Å². The monoisotopic (exact) mass is 442 g/mol. The van der Waals surface area contributed by atoms with Crippen molar-refractivity contribution in [3.8, 4) is 0 Å². The predicted molar refractivity (Wildman–Crippen MR) is 113 cm³/mol. The lowest BCUT2D eigenvalue weighted by molar-refractivity contribution is -0.138. The van der Waals surface area contributed by atoms with E-state index >= 15 is 0 Å². The van der Waals surface area contributed by atoms with Gasteiger partial charge in [-0.2, -0.15) is 17.0 Å². The van der Waals surface area contributed by atoms with Gasteiger partial charge in [-0.3, -0.25) is 9.59 Å². The van der Waals surface area contributed by atoms with Crippen LogP contribution in [0.25, 0.3) is 0 Å². The summed E-state index contributed by atoms with van der Waals surface area (Å²) in [6.45, 7) is 7.18. The van der Waals surface area contributed by atoms with Gasteiger partial charge in [0, 0.05) is 70.1 Å². The first-order valence-electron chi connectivity index (χ1n) is 10.2. The van der Waals surface area contributed by atoms with E-state index in [1.54, 1.807) is 16.2 Å². The molecule has 1 aromatic rings. The summed E-state index contributed by atoms with van der Waals surface area (Å²) in [5, 5.41) is 2.06. The molecule has 2 aliphatic heterocycles. The third-order valence-electron chi connectivity index (χ3n) is 5.66. The van der Waals surface area contributed by atoms with Crippen LogP contribution in [0.1, 0.15) is 37.1 Å². The summed E-state index contributed by atoms with van der Waals surface area (Å²) in [6, 6.07) is 2.07. The molecule has 162 valence electrons. The molecule has 29 heavy (non-hydrogen) atoms. The van der Waals surface area contributed by atoms with Crippen LogP contribution in [0.3, 0.4) is 0 Å². The van der Waals surface area contributed by atoms with Crippen molar-refractivity contribution in [3.63, 3.8) is 0 Å². The molecule has 2 amide bonds. The summed E-state index contributed by atoms with van der Waals surface area (Å²) in [4.78, 5) is 29.9. The Balaban J connectivity index is 1.45. The maximum atomic E-state index is 12.6. The van der Waals surface area contributed by atoms with Crippen LogP contribution in [0, 0.1) is 0 Å². The molecule has 3 rings (SSSR count). The Morgan fingerprint density at radius 3 is 2.24 bits per heavy atom. The number of rotatable bonds is 7. The van der Waals surface area contributed by atoms with Crippen LogP contribution in [0.2, 0.25) is 0 Å². The van der Waals surface area contributed by atoms with E-state index in [1.165, 1.54) is 19.1 Å². The van der Waals surface area contributed by atoms with E-state index in [2.05, 4.69) is 11.4 Å². The van der Waals surface area contributed by atoms with Crippen LogP contribution >= 0.6 is 11.3 Å². The zero-order valence-electron chi connectivity index (χ0n) is 17.2. The Morgan fingerprint density at radius 1 is 1.00 bits per heavy atom. The second-order valence-electron chi connectivity index (χ2n) is 7.31. The molecule has 1 fully saturated rings. The lowest BCUT2D eigenvalue weighted by Crippen LogP contribution is -2.54. The Hall–Kier alpha value is -1.49. The maximum Gasteiger partial charge on any atom is 0.282 e. The minimum Gasteiger partial charge on any atom is -0.340 e. The molecule has 0 unspecified atom stereocenters. The van der Waals surface area contributed by atoms with Gasteiger partial charge in [0.2, 0.25) is 11.8 Å². The number of hydrogen-bond acceptors (Lipinski definition) is 5. The van der Waals surface area contributed by atoms with Crippen molar-refractivity contribution in [1.29, 1.82) is 0 Å². The predicted octanol–water partition coefficient (Wildman–Crippen LogP) is 1.14. The number of piperazine rings is 1. The van der Waals surface area contributed by atoms with Crippen LogP contribution in [0.4, 0.5) is 0 Å². The SMILES string of the molecule is CCN(CC)S(=O)(=O)N1CCN(C(=O)CCC(=O)N2CCc3sccc3C2)CC1. The number of carbonyl (C=O) groups is 2. The second kappa shape index (κ2) is 9.55. The van der Waals surface area contributed by atoms with Gasteiger partial charge < -0.3 is 9.80 Å². The normalized spacial score (nSPS) is 18.2. The fourth-order valence-electron chi connectivity index (χ4n) is 3.87. The van der Waals surface area contributed by atoms with Crippen LogP contribution in [0.5, 0.6) is 0 Å². The number of thiophene rings is 1. The summed E-state index contributed by atoms with van der Waals surface area (Å²) in [5.74, 6) is -0.0654. The van der Waals surface area contributed by atoms with Gasteiger partial charge >= 0.3 is 0 Å². The third-order valence-corrected chi connectivity index (χ3v) is 8.87. The molecule has 0 bridgehead atoms. The van der Waals surface area contributed by atoms with Crippen LogP contribution < -0.4 is 0 Å². The van der Waals surface area contributed by atoms with Gasteiger partial charge in [-0.1, -0.05) is 13.8 Å². The molecule has 0 atom stereocenters. The van der Waals surface area contributed by atoms with E-state index in [0.717, 1.165) is 6.42 Å². The van der Waals surface area contributed by atoms with E-state index in [4.69, 9.17) is 0 Å². The average Bonchev–Trinajstić information content (AvgIpc) is 3.20. The Bertz CT molecular complexity index is 827. The van der Waals surface area contributed by atoms with Gasteiger partial charge in [0.25, 0.3) is 10.2 Å². The third kappa shape index (κ3) is 4.99. The molecular formula is C19H30N4O4S2. The molecule has 0 aromatic carbocycles. The number of carbonyl (C=O) groups excluding carboxylic acids is 2. The second-order valence-corrected chi connectivity index (χ2v) is 10.2. The van der Waals surface area contributed by atoms with E-state index in [-0.39, 0.29) is 24.7 Å². The zero-order valence-corrected chi connectivity index (χ0v) is 18.8. The summed E-state index contributed by atoms with van der Waals surface area (Å²) in [6.07, 6.45) is 1.26. The molecule has 0 N–H and O–H groups in total. The van der Waals surface area contributed by atoms with E-state index < -0.39 is 10.2 Å². The number of hydrogen-bond donors (Lipinski definition) is 0. The van der Waals surface area contributed by atoms with Gasteiger partial charge in [0.05, 0.1) is 0 Å². The highest BCUT2D eigenvalue weighted by atomic mass is 32.2. The van der Waals surface area contributed by atoms with Crippen molar-refractivity contribution in [2.45, 2.75) is 39.7 Å². The topological polar surface area (TPSA) is 81.2 Å². The van der Waals surface area contributed by atoms with Gasteiger partial charge in [-0.15, -0.1) is 11.3 Å². The first-order chi connectivity index (χ1) is 13.9. The van der Waals surface area contributed by atoms with Gasteiger partial charge in [0.1, 0.15) is 0 Å². The maximum absolute atomic E-state index is 12.6. The highest BCUT2D eigenvalue weighted by Crippen LogP contribution is 2.24. The van der Waals surface area contributed by atoms with Crippen molar-refractivity contribution in [3.05, 3.63) is 21.9 Å². The molecule has 1 aromatic heterocycles. The van der Waals surface area contributed by atoms with Crippen molar-refractivity contribution >= 4 is 33.4 Å². The summed E-state index contributed by atoms with van der Waals surface area (Å²) in [5.41, 5.74) is 1.21. The molecule has 3 heterocycles. The standard InChI is InChI=1S/C19H30N4O4S2/c1-3-22(4-2)29(26,27)23-12-10-20(11-13-23)18(24)5-6-19(25)21-9-7-17-16(15-21)8-14-28-17/h8,14H,3-7,9-13,15H2,1-2H3. The van der Waals surface area contributed by atoms with E-state index in [0.29, 0.717) is 52.4 Å². The van der Waals surface area contributed by atoms with E-state index in [9.17, 15) is 18.0 Å². The average molecular weight is 443 g/mol. The molecule has 2 aliphatic rings. The molecule has 0 spiro atoms. The molecule has 0 radical (unpaired) electrons. The number of amides is 2. The van der Waals surface area contributed by atoms with Crippen molar-refractivity contribution in [2.24, 2.45) is 0 Å². The van der Waals surface area contributed by atoms with Crippen molar-refractivity contribution in [1.82, 2.24) is 18.4 Å². The molecule has 8 nitrogen and oxygen atoms in total. The molecular weight excluding hydrogens is 412 g/mol. The summed E-state index contributed by atoms with van der Waals surface area (Å²) in [7, 11) is -3.46. The largest absolute Gasteiger partial charge is 0.340 e. The lowest BCUT2D eigenvalue weighted by Gasteiger charge is -2.36. The van der Waals surface area contributed by atoms with Crippen molar-refractivity contribution < 1.29 is 18.0 Å². The molecule has 10 heteroatoms. The lowest BCUT2D eigenvalue weighted by atomic mass is 10.1. The summed E-state index contributed by atoms with van der Waals surface area (Å²) < 4.78 is 28.0. The summed E-state index contributed by atoms with van der Waals surface area (Å²) >= 11 is 1.73. The van der Waals surface area contributed by atoms with E-state index in [1.807, 2.05) is 18.7 Å². The van der Waals surface area contributed by atoms with Crippen molar-refractivity contribution in [2.75, 3.05) is 45.8 Å². The van der Waals surface area contributed by atoms with Crippen LogP contribution in [0.15, 0.2) is 11.4 Å². The Morgan fingerprint density at radius 2 is 1.62 bits per heavy atom. The van der Waals surface area contributed by atoms with Crippen LogP contribution in [-0.2, 0) is 32.8 Å². The Kier molecular flexibility index (Phi) is 7.31.